The molecule has 3 aliphatic carbocycles. The van der Waals surface area contributed by atoms with Gasteiger partial charge in [0, 0.05) is 30.5 Å². The Morgan fingerprint density at radius 3 is 2.24 bits per heavy atom. The average molecular weight is 459 g/mol. The Bertz CT molecular complexity index is 1330. The molecule has 0 aromatic heterocycles. The minimum absolute atomic E-state index is 0.0985. The maximum Gasteiger partial charge on any atom is 0.251 e. The summed E-state index contributed by atoms with van der Waals surface area (Å²) >= 11 is 0. The third-order valence-electron chi connectivity index (χ3n) is 7.54. The molecule has 168 valence electrons. The van der Waals surface area contributed by atoms with Crippen LogP contribution in [0.4, 0.5) is 5.69 Å². The number of fused-ring (bicyclic) bond motifs is 2. The van der Waals surface area contributed by atoms with Crippen molar-refractivity contribution < 1.29 is 13.2 Å². The number of nitrogens with zero attached hydrogens (tertiary/aromatic N) is 1. The molecule has 0 radical (unpaired) electrons. The highest BCUT2D eigenvalue weighted by atomic mass is 32.2. The molecule has 6 heteroatoms. The van der Waals surface area contributed by atoms with Crippen molar-refractivity contribution in [1.29, 1.82) is 0 Å². The summed E-state index contributed by atoms with van der Waals surface area (Å²) in [5.41, 5.74) is 7.83. The Morgan fingerprint density at radius 2 is 1.61 bits per heavy atom. The topological polar surface area (TPSA) is 66.5 Å². The summed E-state index contributed by atoms with van der Waals surface area (Å²) in [7, 11) is -3.29. The van der Waals surface area contributed by atoms with E-state index in [1.807, 2.05) is 6.07 Å². The monoisotopic (exact) mass is 458 g/mol. The van der Waals surface area contributed by atoms with Gasteiger partial charge in [0.25, 0.3) is 5.91 Å². The number of sulfonamides is 1. The van der Waals surface area contributed by atoms with Gasteiger partial charge in [0.2, 0.25) is 10.0 Å². The summed E-state index contributed by atoms with van der Waals surface area (Å²) in [5, 5.41) is 3.18. The van der Waals surface area contributed by atoms with Crippen molar-refractivity contribution >= 4 is 21.6 Å². The Balaban J connectivity index is 1.23. The van der Waals surface area contributed by atoms with E-state index in [1.54, 1.807) is 12.1 Å². The minimum Gasteiger partial charge on any atom is -0.352 e. The molecule has 1 unspecified atom stereocenters. The molecule has 1 atom stereocenters. The van der Waals surface area contributed by atoms with E-state index in [1.165, 1.54) is 32.8 Å². The molecule has 1 heterocycles. The number of amides is 1. The number of hydrogen-bond acceptors (Lipinski definition) is 3. The van der Waals surface area contributed by atoms with Crippen LogP contribution in [0.25, 0.3) is 0 Å². The number of rotatable bonds is 4. The second-order valence-electron chi connectivity index (χ2n) is 9.42. The van der Waals surface area contributed by atoms with Crippen LogP contribution < -0.4 is 9.62 Å². The normalized spacial score (nSPS) is 22.5. The van der Waals surface area contributed by atoms with Crippen LogP contribution in [0.15, 0.2) is 66.7 Å². The van der Waals surface area contributed by atoms with Crippen molar-refractivity contribution in [3.63, 3.8) is 0 Å². The molecule has 0 saturated heterocycles. The van der Waals surface area contributed by atoms with Crippen molar-refractivity contribution in [2.24, 2.45) is 5.92 Å². The van der Waals surface area contributed by atoms with E-state index < -0.39 is 10.0 Å². The van der Waals surface area contributed by atoms with Gasteiger partial charge in [-0.05, 0) is 64.8 Å². The lowest BCUT2D eigenvalue weighted by Gasteiger charge is -2.45. The van der Waals surface area contributed by atoms with Crippen molar-refractivity contribution in [3.05, 3.63) is 100 Å². The predicted octanol–water partition coefficient (Wildman–Crippen LogP) is 4.04. The van der Waals surface area contributed by atoms with Gasteiger partial charge in [-0.2, -0.15) is 0 Å². The van der Waals surface area contributed by atoms with Crippen LogP contribution in [0.5, 0.6) is 0 Å². The molecule has 4 aliphatic rings. The fourth-order valence-electron chi connectivity index (χ4n) is 6.14. The molecule has 0 spiro atoms. The molecular formula is C27H26N2O3S. The zero-order valence-corrected chi connectivity index (χ0v) is 19.3. The predicted molar refractivity (Wildman–Crippen MR) is 129 cm³/mol. The maximum absolute atomic E-state index is 13.0. The number of benzene rings is 3. The zero-order chi connectivity index (χ0) is 22.7. The summed E-state index contributed by atoms with van der Waals surface area (Å²) in [5.74, 6) is 0.926. The third-order valence-corrected chi connectivity index (χ3v) is 8.72. The fourth-order valence-corrected chi connectivity index (χ4v) is 7.10. The number of anilines is 1. The number of nitrogens with one attached hydrogen (secondary N) is 1. The van der Waals surface area contributed by atoms with Crippen molar-refractivity contribution in [1.82, 2.24) is 5.32 Å². The van der Waals surface area contributed by atoms with Gasteiger partial charge in [-0.25, -0.2) is 8.42 Å². The van der Waals surface area contributed by atoms with Crippen LogP contribution in [0.2, 0.25) is 0 Å². The van der Waals surface area contributed by atoms with Crippen molar-refractivity contribution in [3.8, 4) is 0 Å². The summed E-state index contributed by atoms with van der Waals surface area (Å²) < 4.78 is 25.4. The summed E-state index contributed by atoms with van der Waals surface area (Å²) in [6.45, 7) is 1.05. The van der Waals surface area contributed by atoms with Crippen LogP contribution in [0, 0.1) is 5.92 Å². The molecular weight excluding hydrogens is 432 g/mol. The Hall–Kier alpha value is -3.12. The molecule has 1 amide bonds. The van der Waals surface area contributed by atoms with E-state index in [2.05, 4.69) is 53.8 Å². The van der Waals surface area contributed by atoms with E-state index in [9.17, 15) is 13.2 Å². The molecule has 7 rings (SSSR count). The van der Waals surface area contributed by atoms with Crippen LogP contribution >= 0.6 is 0 Å². The van der Waals surface area contributed by atoms with Gasteiger partial charge in [-0.15, -0.1) is 0 Å². The third kappa shape index (κ3) is 3.27. The van der Waals surface area contributed by atoms with Crippen LogP contribution in [0.1, 0.15) is 56.4 Å². The highest BCUT2D eigenvalue weighted by molar-refractivity contribution is 7.92. The van der Waals surface area contributed by atoms with Crippen molar-refractivity contribution in [2.75, 3.05) is 23.7 Å². The molecule has 1 N–H and O–H groups in total. The SMILES string of the molecule is CS(=O)(=O)N1CCc2cc(C(=O)NCC3CC4c5ccccc5C3c3ccccc34)ccc21. The molecule has 3 aromatic carbocycles. The maximum atomic E-state index is 13.0. The van der Waals surface area contributed by atoms with E-state index in [-0.39, 0.29) is 5.91 Å². The number of carbonyl (C=O) groups excluding carboxylic acids is 1. The largest absolute Gasteiger partial charge is 0.352 e. The molecule has 0 fully saturated rings. The van der Waals surface area contributed by atoms with Gasteiger partial charge in [0.05, 0.1) is 11.9 Å². The quantitative estimate of drug-likeness (QED) is 0.642. The smallest absolute Gasteiger partial charge is 0.251 e. The Morgan fingerprint density at radius 1 is 0.970 bits per heavy atom. The van der Waals surface area contributed by atoms with Crippen molar-refractivity contribution in [2.45, 2.75) is 24.7 Å². The van der Waals surface area contributed by atoms with Gasteiger partial charge in [-0.1, -0.05) is 48.5 Å². The Labute approximate surface area is 194 Å². The molecule has 0 saturated carbocycles. The minimum atomic E-state index is -3.29. The Kier molecular flexibility index (Phi) is 4.63. The summed E-state index contributed by atoms with van der Waals surface area (Å²) in [4.78, 5) is 13.0. The molecule has 3 aromatic rings. The number of hydrogen-bond donors (Lipinski definition) is 1. The lowest BCUT2D eigenvalue weighted by atomic mass is 9.59. The van der Waals surface area contributed by atoms with Crippen LogP contribution in [-0.2, 0) is 16.4 Å². The van der Waals surface area contributed by atoms with Gasteiger partial charge in [-0.3, -0.25) is 9.10 Å². The zero-order valence-electron chi connectivity index (χ0n) is 18.5. The first-order valence-electron chi connectivity index (χ1n) is 11.5. The van der Waals surface area contributed by atoms with E-state index >= 15 is 0 Å². The standard InChI is InChI=1S/C27H26N2O3S/c1-33(31,32)29-13-12-17-14-18(10-11-25(17)29)27(30)28-16-19-15-24-20-6-2-4-8-22(20)26(19)23-9-5-3-7-21(23)24/h2-11,14,19,24,26H,12-13,15-16H2,1H3,(H,28,30). The lowest BCUT2D eigenvalue weighted by Crippen LogP contribution is -2.39. The average Bonchev–Trinajstić information content (AvgIpc) is 3.27. The van der Waals surface area contributed by atoms with E-state index in [0.717, 1.165) is 12.0 Å². The van der Waals surface area contributed by atoms with Gasteiger partial charge in [0.1, 0.15) is 0 Å². The molecule has 33 heavy (non-hydrogen) atoms. The second-order valence-corrected chi connectivity index (χ2v) is 11.3. The molecule has 5 nitrogen and oxygen atoms in total. The fraction of sp³-hybridized carbons (Fsp3) is 0.296. The first kappa shape index (κ1) is 20.5. The highest BCUT2D eigenvalue weighted by Gasteiger charge is 2.42. The van der Waals surface area contributed by atoms with Gasteiger partial charge < -0.3 is 5.32 Å². The molecule has 2 bridgehead atoms. The molecule has 1 aliphatic heterocycles. The van der Waals surface area contributed by atoms with E-state index in [0.29, 0.717) is 48.5 Å². The van der Waals surface area contributed by atoms with Crippen LogP contribution in [-0.4, -0.2) is 33.7 Å². The van der Waals surface area contributed by atoms with Crippen LogP contribution in [0.3, 0.4) is 0 Å². The first-order valence-corrected chi connectivity index (χ1v) is 13.3. The van der Waals surface area contributed by atoms with E-state index in [4.69, 9.17) is 0 Å². The van der Waals surface area contributed by atoms with Gasteiger partial charge in [0.15, 0.2) is 0 Å². The lowest BCUT2D eigenvalue weighted by molar-refractivity contribution is 0.0943. The highest BCUT2D eigenvalue weighted by Crippen LogP contribution is 2.55. The van der Waals surface area contributed by atoms with Gasteiger partial charge >= 0.3 is 0 Å². The summed E-state index contributed by atoms with van der Waals surface area (Å²) in [6.07, 6.45) is 2.88. The second kappa shape index (κ2) is 7.45. The number of carbonyl (C=O) groups is 1. The summed E-state index contributed by atoms with van der Waals surface area (Å²) in [6, 6.07) is 22.8. The first-order chi connectivity index (χ1) is 15.9.